The molecule has 1 fully saturated rings. The number of halogens is 1. The van der Waals surface area contributed by atoms with Crippen molar-refractivity contribution >= 4 is 11.6 Å². The summed E-state index contributed by atoms with van der Waals surface area (Å²) in [6.07, 6.45) is 6.34. The molecule has 3 rings (SSSR count). The molecule has 18 heavy (non-hydrogen) atoms. The van der Waals surface area contributed by atoms with E-state index in [0.717, 1.165) is 29.4 Å². The Morgan fingerprint density at radius 1 is 1.33 bits per heavy atom. The third kappa shape index (κ3) is 2.42. The first kappa shape index (κ1) is 11.8. The van der Waals surface area contributed by atoms with Crippen molar-refractivity contribution in [1.82, 2.24) is 14.9 Å². The molecule has 0 aliphatic carbocycles. The van der Waals surface area contributed by atoms with E-state index in [1.165, 1.54) is 12.8 Å². The molecule has 0 bridgehead atoms. The van der Waals surface area contributed by atoms with Gasteiger partial charge in [0.05, 0.1) is 18.2 Å². The molecule has 1 aromatic heterocycles. The lowest BCUT2D eigenvalue weighted by Gasteiger charge is -2.13. The fourth-order valence-electron chi connectivity index (χ4n) is 2.48. The molecule has 1 saturated heterocycles. The Morgan fingerprint density at radius 3 is 2.89 bits per heavy atom. The van der Waals surface area contributed by atoms with Crippen molar-refractivity contribution in [2.75, 3.05) is 6.54 Å². The quantitative estimate of drug-likeness (QED) is 0.921. The first-order valence-corrected chi connectivity index (χ1v) is 6.70. The van der Waals surface area contributed by atoms with E-state index in [-0.39, 0.29) is 0 Å². The summed E-state index contributed by atoms with van der Waals surface area (Å²) in [4.78, 5) is 4.27. The molecule has 3 nitrogen and oxygen atoms in total. The Balaban J connectivity index is 1.84. The van der Waals surface area contributed by atoms with Crippen molar-refractivity contribution < 1.29 is 0 Å². The van der Waals surface area contributed by atoms with Crippen molar-refractivity contribution in [2.45, 2.75) is 25.4 Å². The zero-order valence-corrected chi connectivity index (χ0v) is 10.9. The largest absolute Gasteiger partial charge is 0.329 e. The van der Waals surface area contributed by atoms with Crippen LogP contribution >= 0.6 is 11.6 Å². The van der Waals surface area contributed by atoms with E-state index in [1.54, 1.807) is 0 Å². The van der Waals surface area contributed by atoms with Gasteiger partial charge in [0.2, 0.25) is 0 Å². The van der Waals surface area contributed by atoms with Crippen LogP contribution in [-0.4, -0.2) is 22.1 Å². The Morgan fingerprint density at radius 2 is 2.17 bits per heavy atom. The molecule has 0 saturated carbocycles. The van der Waals surface area contributed by atoms with Crippen LogP contribution in [0.3, 0.4) is 0 Å². The molecular formula is C14H16ClN3. The summed E-state index contributed by atoms with van der Waals surface area (Å²) in [5.41, 5.74) is 2.32. The fraction of sp³-hybridized carbons (Fsp3) is 0.357. The molecule has 1 atom stereocenters. The molecular weight excluding hydrogens is 246 g/mol. The maximum Gasteiger partial charge on any atom is 0.0951 e. The van der Waals surface area contributed by atoms with Crippen molar-refractivity contribution in [3.63, 3.8) is 0 Å². The standard InChI is InChI=1S/C14H16ClN3/c15-12-5-3-11(4-6-12)14-8-16-10-18(14)9-13-2-1-7-17-13/h3-6,8,10,13,17H,1-2,7,9H2. The molecule has 0 amide bonds. The van der Waals surface area contributed by atoms with E-state index >= 15 is 0 Å². The molecule has 1 aliphatic rings. The van der Waals surface area contributed by atoms with Gasteiger partial charge in [-0.3, -0.25) is 0 Å². The molecule has 1 unspecified atom stereocenters. The van der Waals surface area contributed by atoms with Crippen LogP contribution in [-0.2, 0) is 6.54 Å². The fourth-order valence-corrected chi connectivity index (χ4v) is 2.60. The molecule has 2 heterocycles. The minimum absolute atomic E-state index is 0.574. The van der Waals surface area contributed by atoms with Crippen molar-refractivity contribution in [2.24, 2.45) is 0 Å². The third-order valence-electron chi connectivity index (χ3n) is 3.43. The minimum atomic E-state index is 0.574. The number of aromatic nitrogens is 2. The number of nitrogens with one attached hydrogen (secondary N) is 1. The van der Waals surface area contributed by atoms with Gasteiger partial charge in [-0.15, -0.1) is 0 Å². The Kier molecular flexibility index (Phi) is 3.35. The van der Waals surface area contributed by atoms with E-state index in [1.807, 2.05) is 36.8 Å². The number of hydrogen-bond donors (Lipinski definition) is 1. The molecule has 4 heteroatoms. The molecule has 0 spiro atoms. The molecule has 0 radical (unpaired) electrons. The van der Waals surface area contributed by atoms with E-state index in [9.17, 15) is 0 Å². The van der Waals surface area contributed by atoms with Crippen LogP contribution in [0.15, 0.2) is 36.8 Å². The predicted molar refractivity (Wildman–Crippen MR) is 73.7 cm³/mol. The van der Waals surface area contributed by atoms with E-state index in [4.69, 9.17) is 11.6 Å². The lowest BCUT2D eigenvalue weighted by atomic mass is 10.1. The van der Waals surface area contributed by atoms with E-state index in [0.29, 0.717) is 6.04 Å². The number of hydrogen-bond acceptors (Lipinski definition) is 2. The van der Waals surface area contributed by atoms with Gasteiger partial charge >= 0.3 is 0 Å². The zero-order valence-electron chi connectivity index (χ0n) is 10.1. The Hall–Kier alpha value is -1.32. The summed E-state index contributed by atoms with van der Waals surface area (Å²) in [7, 11) is 0. The average molecular weight is 262 g/mol. The topological polar surface area (TPSA) is 29.9 Å². The summed E-state index contributed by atoms with van der Waals surface area (Å²) in [5.74, 6) is 0. The summed E-state index contributed by atoms with van der Waals surface area (Å²) in [6, 6.07) is 8.49. The molecule has 1 N–H and O–H groups in total. The monoisotopic (exact) mass is 261 g/mol. The number of rotatable bonds is 3. The highest BCUT2D eigenvalue weighted by Gasteiger charge is 2.16. The van der Waals surface area contributed by atoms with Crippen LogP contribution in [0.2, 0.25) is 5.02 Å². The SMILES string of the molecule is Clc1ccc(-c2cncn2CC2CCCN2)cc1. The van der Waals surface area contributed by atoms with Gasteiger partial charge in [0, 0.05) is 17.6 Å². The second-order valence-corrected chi connectivity index (χ2v) is 5.17. The first-order valence-electron chi connectivity index (χ1n) is 6.32. The van der Waals surface area contributed by atoms with Crippen molar-refractivity contribution in [1.29, 1.82) is 0 Å². The van der Waals surface area contributed by atoms with Crippen LogP contribution in [0.4, 0.5) is 0 Å². The highest BCUT2D eigenvalue weighted by atomic mass is 35.5. The average Bonchev–Trinajstić information content (AvgIpc) is 3.02. The lowest BCUT2D eigenvalue weighted by Crippen LogP contribution is -2.26. The van der Waals surface area contributed by atoms with Crippen LogP contribution < -0.4 is 5.32 Å². The Bertz CT molecular complexity index is 512. The summed E-state index contributed by atoms with van der Waals surface area (Å²) >= 11 is 5.92. The molecule has 2 aromatic rings. The highest BCUT2D eigenvalue weighted by molar-refractivity contribution is 6.30. The molecule has 1 aliphatic heterocycles. The second-order valence-electron chi connectivity index (χ2n) is 4.73. The minimum Gasteiger partial charge on any atom is -0.329 e. The smallest absolute Gasteiger partial charge is 0.0951 e. The predicted octanol–water partition coefficient (Wildman–Crippen LogP) is 2.96. The van der Waals surface area contributed by atoms with Gasteiger partial charge in [-0.1, -0.05) is 23.7 Å². The van der Waals surface area contributed by atoms with Gasteiger partial charge in [0.1, 0.15) is 0 Å². The van der Waals surface area contributed by atoms with E-state index in [2.05, 4.69) is 14.9 Å². The second kappa shape index (κ2) is 5.12. The number of benzene rings is 1. The zero-order chi connectivity index (χ0) is 12.4. The van der Waals surface area contributed by atoms with Gasteiger partial charge in [-0.25, -0.2) is 4.98 Å². The maximum absolute atomic E-state index is 5.92. The van der Waals surface area contributed by atoms with E-state index < -0.39 is 0 Å². The van der Waals surface area contributed by atoms with Gasteiger partial charge in [0.15, 0.2) is 0 Å². The van der Waals surface area contributed by atoms with Gasteiger partial charge in [-0.2, -0.15) is 0 Å². The Labute approximate surface area is 112 Å². The first-order chi connectivity index (χ1) is 8.83. The number of nitrogens with zero attached hydrogens (tertiary/aromatic N) is 2. The third-order valence-corrected chi connectivity index (χ3v) is 3.68. The van der Waals surface area contributed by atoms with Crippen LogP contribution in [0, 0.1) is 0 Å². The van der Waals surface area contributed by atoms with Crippen LogP contribution in [0.1, 0.15) is 12.8 Å². The maximum atomic E-state index is 5.92. The molecule has 1 aromatic carbocycles. The van der Waals surface area contributed by atoms with Crippen LogP contribution in [0.25, 0.3) is 11.3 Å². The van der Waals surface area contributed by atoms with Crippen molar-refractivity contribution in [3.8, 4) is 11.3 Å². The molecule has 94 valence electrons. The summed E-state index contributed by atoms with van der Waals surface area (Å²) in [6.45, 7) is 2.12. The normalized spacial score (nSPS) is 19.3. The summed E-state index contributed by atoms with van der Waals surface area (Å²) in [5, 5.41) is 4.28. The number of imidazole rings is 1. The van der Waals surface area contributed by atoms with Crippen LogP contribution in [0.5, 0.6) is 0 Å². The highest BCUT2D eigenvalue weighted by Crippen LogP contribution is 2.22. The van der Waals surface area contributed by atoms with Gasteiger partial charge < -0.3 is 9.88 Å². The van der Waals surface area contributed by atoms with Gasteiger partial charge in [-0.05, 0) is 37.1 Å². The van der Waals surface area contributed by atoms with Gasteiger partial charge in [0.25, 0.3) is 0 Å². The summed E-state index contributed by atoms with van der Waals surface area (Å²) < 4.78 is 2.21. The lowest BCUT2D eigenvalue weighted by molar-refractivity contribution is 0.512. The van der Waals surface area contributed by atoms with Crippen molar-refractivity contribution in [3.05, 3.63) is 41.8 Å².